The Hall–Kier alpha value is -1.67. The maximum absolute atomic E-state index is 12.6. The van der Waals surface area contributed by atoms with Gasteiger partial charge in [-0.2, -0.15) is 17.0 Å². The van der Waals surface area contributed by atoms with Crippen molar-refractivity contribution in [3.8, 4) is 5.75 Å². The van der Waals surface area contributed by atoms with Crippen LogP contribution in [0, 0.1) is 0 Å². The first kappa shape index (κ1) is 19.1. The fraction of sp³-hybridized carbons (Fsp3) is 0.474. The summed E-state index contributed by atoms with van der Waals surface area (Å²) in [5.74, 6) is 0.291. The third-order valence-electron chi connectivity index (χ3n) is 5.07. The van der Waals surface area contributed by atoms with Crippen molar-refractivity contribution in [1.29, 1.82) is 0 Å². The normalized spacial score (nSPS) is 17.2. The summed E-state index contributed by atoms with van der Waals surface area (Å²) in [5.41, 5.74) is 1.15. The van der Waals surface area contributed by atoms with Crippen LogP contribution in [0.4, 0.5) is 0 Å². The lowest BCUT2D eigenvalue weighted by Crippen LogP contribution is -2.52. The van der Waals surface area contributed by atoms with Gasteiger partial charge in [0.15, 0.2) is 0 Å². The highest BCUT2D eigenvalue weighted by Gasteiger charge is 2.30. The van der Waals surface area contributed by atoms with Crippen molar-refractivity contribution >= 4 is 21.0 Å². The van der Waals surface area contributed by atoms with Crippen LogP contribution >= 0.6 is 0 Å². The number of hydrogen-bond donors (Lipinski definition) is 1. The largest absolute Gasteiger partial charge is 0.507 e. The molecule has 1 N–H and O–H groups in total. The van der Waals surface area contributed by atoms with Gasteiger partial charge in [-0.15, -0.1) is 0 Å². The second-order valence-electron chi connectivity index (χ2n) is 6.56. The van der Waals surface area contributed by atoms with E-state index in [9.17, 15) is 13.5 Å². The SMILES string of the molecule is CCN(CC)S(=O)(=O)N1CCN(Cc2ccc(O)c3ccccc23)CC1. The predicted molar refractivity (Wildman–Crippen MR) is 104 cm³/mol. The quantitative estimate of drug-likeness (QED) is 0.839. The minimum atomic E-state index is -3.35. The lowest BCUT2D eigenvalue weighted by Gasteiger charge is -2.36. The average Bonchev–Trinajstić information content (AvgIpc) is 2.65. The molecule has 0 spiro atoms. The summed E-state index contributed by atoms with van der Waals surface area (Å²) in [7, 11) is -3.35. The van der Waals surface area contributed by atoms with Crippen molar-refractivity contribution < 1.29 is 13.5 Å². The molecule has 0 unspecified atom stereocenters. The highest BCUT2D eigenvalue weighted by Crippen LogP contribution is 2.28. The van der Waals surface area contributed by atoms with Gasteiger partial charge in [0.25, 0.3) is 10.2 Å². The molecule has 0 aromatic heterocycles. The molecule has 0 aliphatic carbocycles. The Labute approximate surface area is 155 Å². The summed E-state index contributed by atoms with van der Waals surface area (Å²) in [5, 5.41) is 11.9. The van der Waals surface area contributed by atoms with E-state index in [1.54, 1.807) is 10.4 Å². The van der Waals surface area contributed by atoms with Crippen LogP contribution in [-0.2, 0) is 16.8 Å². The number of piperazine rings is 1. The topological polar surface area (TPSA) is 64.1 Å². The number of phenols is 1. The molecule has 26 heavy (non-hydrogen) atoms. The number of nitrogens with zero attached hydrogens (tertiary/aromatic N) is 3. The predicted octanol–water partition coefficient (Wildman–Crippen LogP) is 2.25. The summed E-state index contributed by atoms with van der Waals surface area (Å²) < 4.78 is 28.4. The number of hydrogen-bond acceptors (Lipinski definition) is 4. The van der Waals surface area contributed by atoms with E-state index in [-0.39, 0.29) is 0 Å². The van der Waals surface area contributed by atoms with Gasteiger partial charge in [-0.25, -0.2) is 0 Å². The third-order valence-corrected chi connectivity index (χ3v) is 7.26. The van der Waals surface area contributed by atoms with E-state index < -0.39 is 10.2 Å². The summed E-state index contributed by atoms with van der Waals surface area (Å²) >= 11 is 0. The zero-order valence-electron chi connectivity index (χ0n) is 15.4. The molecule has 1 heterocycles. The van der Waals surface area contributed by atoms with Gasteiger partial charge < -0.3 is 5.11 Å². The lowest BCUT2D eigenvalue weighted by molar-refractivity contribution is 0.176. The lowest BCUT2D eigenvalue weighted by atomic mass is 10.0. The smallest absolute Gasteiger partial charge is 0.282 e. The molecule has 1 saturated heterocycles. The monoisotopic (exact) mass is 377 g/mol. The van der Waals surface area contributed by atoms with Crippen LogP contribution in [0.2, 0.25) is 0 Å². The van der Waals surface area contributed by atoms with Gasteiger partial charge in [0.05, 0.1) is 0 Å². The van der Waals surface area contributed by atoms with Crippen molar-refractivity contribution in [2.24, 2.45) is 0 Å². The molecule has 0 bridgehead atoms. The Balaban J connectivity index is 1.70. The Morgan fingerprint density at radius 2 is 1.58 bits per heavy atom. The maximum atomic E-state index is 12.6. The molecule has 0 amide bonds. The number of phenolic OH excluding ortho intramolecular Hbond substituents is 1. The third kappa shape index (κ3) is 3.71. The number of fused-ring (bicyclic) bond motifs is 1. The maximum Gasteiger partial charge on any atom is 0.282 e. The summed E-state index contributed by atoms with van der Waals surface area (Å²) in [6.45, 7) is 7.91. The van der Waals surface area contributed by atoms with Crippen molar-refractivity contribution in [3.05, 3.63) is 42.0 Å². The van der Waals surface area contributed by atoms with Gasteiger partial charge in [0, 0.05) is 51.2 Å². The molecule has 0 saturated carbocycles. The Morgan fingerprint density at radius 3 is 2.19 bits per heavy atom. The zero-order chi connectivity index (χ0) is 18.7. The molecular weight excluding hydrogens is 350 g/mol. The van der Waals surface area contributed by atoms with Gasteiger partial charge in [-0.1, -0.05) is 44.2 Å². The highest BCUT2D eigenvalue weighted by molar-refractivity contribution is 7.86. The molecule has 7 heteroatoms. The fourth-order valence-electron chi connectivity index (χ4n) is 3.56. The van der Waals surface area contributed by atoms with Crippen molar-refractivity contribution in [3.63, 3.8) is 0 Å². The molecule has 2 aromatic rings. The Kier molecular flexibility index (Phi) is 5.82. The molecule has 3 rings (SSSR count). The van der Waals surface area contributed by atoms with Gasteiger partial charge >= 0.3 is 0 Å². The fourth-order valence-corrected chi connectivity index (χ4v) is 5.16. The van der Waals surface area contributed by atoms with Crippen molar-refractivity contribution in [2.45, 2.75) is 20.4 Å². The van der Waals surface area contributed by atoms with Crippen molar-refractivity contribution in [2.75, 3.05) is 39.3 Å². The standard InChI is InChI=1S/C19H27N3O3S/c1-3-21(4-2)26(24,25)22-13-11-20(12-14-22)15-16-9-10-19(23)18-8-6-5-7-17(16)18/h5-10,23H,3-4,11-15H2,1-2H3. The molecule has 0 radical (unpaired) electrons. The highest BCUT2D eigenvalue weighted by atomic mass is 32.2. The zero-order valence-corrected chi connectivity index (χ0v) is 16.2. The minimum Gasteiger partial charge on any atom is -0.507 e. The summed E-state index contributed by atoms with van der Waals surface area (Å²) in [6.07, 6.45) is 0. The van der Waals surface area contributed by atoms with Gasteiger partial charge in [-0.3, -0.25) is 4.90 Å². The van der Waals surface area contributed by atoms with Gasteiger partial charge in [-0.05, 0) is 17.0 Å². The molecule has 142 valence electrons. The van der Waals surface area contributed by atoms with Crippen LogP contribution < -0.4 is 0 Å². The molecule has 1 aliphatic rings. The van der Waals surface area contributed by atoms with E-state index in [1.807, 2.05) is 44.2 Å². The Bertz CT molecular complexity index is 857. The van der Waals surface area contributed by atoms with Crippen LogP contribution in [0.15, 0.2) is 36.4 Å². The summed E-state index contributed by atoms with van der Waals surface area (Å²) in [6, 6.07) is 11.5. The number of benzene rings is 2. The van der Waals surface area contributed by atoms with Crippen LogP contribution in [0.1, 0.15) is 19.4 Å². The van der Waals surface area contributed by atoms with E-state index in [2.05, 4.69) is 4.90 Å². The first-order valence-corrected chi connectivity index (χ1v) is 10.5. The van der Waals surface area contributed by atoms with Crippen LogP contribution in [0.5, 0.6) is 5.75 Å². The van der Waals surface area contributed by atoms with Crippen molar-refractivity contribution in [1.82, 2.24) is 13.5 Å². The Morgan fingerprint density at radius 1 is 0.962 bits per heavy atom. The van der Waals surface area contributed by atoms with E-state index in [1.165, 1.54) is 4.31 Å². The number of rotatable bonds is 6. The van der Waals surface area contributed by atoms with Gasteiger partial charge in [0.1, 0.15) is 5.75 Å². The van der Waals surface area contributed by atoms with E-state index >= 15 is 0 Å². The summed E-state index contributed by atoms with van der Waals surface area (Å²) in [4.78, 5) is 2.27. The van der Waals surface area contributed by atoms with E-state index in [4.69, 9.17) is 0 Å². The molecule has 0 atom stereocenters. The molecule has 1 fully saturated rings. The first-order valence-electron chi connectivity index (χ1n) is 9.14. The minimum absolute atomic E-state index is 0.291. The van der Waals surface area contributed by atoms with Crippen LogP contribution in [0.3, 0.4) is 0 Å². The van der Waals surface area contributed by atoms with Gasteiger partial charge in [0.2, 0.25) is 0 Å². The molecule has 1 aliphatic heterocycles. The number of aromatic hydroxyl groups is 1. The molecule has 6 nitrogen and oxygen atoms in total. The van der Waals surface area contributed by atoms with E-state index in [0.29, 0.717) is 45.0 Å². The molecule has 2 aromatic carbocycles. The average molecular weight is 378 g/mol. The van der Waals surface area contributed by atoms with Crippen LogP contribution in [-0.4, -0.2) is 66.3 Å². The second kappa shape index (κ2) is 7.92. The first-order chi connectivity index (χ1) is 12.5. The van der Waals surface area contributed by atoms with Crippen LogP contribution in [0.25, 0.3) is 10.8 Å². The second-order valence-corrected chi connectivity index (χ2v) is 8.49. The molecular formula is C19H27N3O3S. The van der Waals surface area contributed by atoms with E-state index in [0.717, 1.165) is 22.9 Å².